The molecule has 2 N–H and O–H groups in total. The fraction of sp³-hybridized carbons (Fsp3) is 0.455. The molecule has 0 spiro atoms. The van der Waals surface area contributed by atoms with E-state index in [0.29, 0.717) is 13.0 Å². The number of hydrogen-bond donors (Lipinski definition) is 2. The van der Waals surface area contributed by atoms with Crippen molar-refractivity contribution in [2.24, 2.45) is 0 Å². The van der Waals surface area contributed by atoms with Gasteiger partial charge >= 0.3 is 0 Å². The summed E-state index contributed by atoms with van der Waals surface area (Å²) in [6, 6.07) is 5.70. The van der Waals surface area contributed by atoms with Gasteiger partial charge in [-0.25, -0.2) is 0 Å². The topological polar surface area (TPSA) is 41.5 Å². The summed E-state index contributed by atoms with van der Waals surface area (Å²) >= 11 is 3.47. The van der Waals surface area contributed by atoms with E-state index in [1.54, 1.807) is 7.11 Å². The second-order valence-corrected chi connectivity index (χ2v) is 4.63. The molecule has 15 heavy (non-hydrogen) atoms. The Morgan fingerprint density at radius 2 is 2.33 bits per heavy atom. The molecule has 2 rings (SSSR count). The van der Waals surface area contributed by atoms with Gasteiger partial charge in [0.05, 0.1) is 7.11 Å². The Balaban J connectivity index is 2.49. The molecule has 0 bridgehead atoms. The maximum atomic E-state index is 10.5. The molecule has 1 unspecified atom stereocenters. The Hall–Kier alpha value is -0.580. The average Bonchev–Trinajstić information content (AvgIpc) is 2.65. The molecule has 1 atom stereocenters. The van der Waals surface area contributed by atoms with Gasteiger partial charge in [-0.3, -0.25) is 0 Å². The van der Waals surface area contributed by atoms with Crippen molar-refractivity contribution in [1.82, 2.24) is 5.32 Å². The standard InChI is InChI=1S/C11H14BrNO2/c1-15-9-4-2-3-8(12)10(9)11(14)5-6-13-7-11/h2-4,13-14H,5-7H2,1H3. The number of methoxy groups -OCH3 is 1. The average molecular weight is 272 g/mol. The molecule has 1 saturated heterocycles. The minimum atomic E-state index is -0.814. The minimum absolute atomic E-state index is 0.575. The number of aliphatic hydroxyl groups is 1. The number of rotatable bonds is 2. The SMILES string of the molecule is COc1cccc(Br)c1C1(O)CCNC1. The van der Waals surface area contributed by atoms with Crippen molar-refractivity contribution in [1.29, 1.82) is 0 Å². The van der Waals surface area contributed by atoms with E-state index >= 15 is 0 Å². The molecular weight excluding hydrogens is 258 g/mol. The van der Waals surface area contributed by atoms with Gasteiger partial charge < -0.3 is 15.2 Å². The predicted octanol–water partition coefficient (Wildman–Crippen LogP) is 1.64. The van der Waals surface area contributed by atoms with Gasteiger partial charge in [0, 0.05) is 16.6 Å². The first-order chi connectivity index (χ1) is 7.17. The van der Waals surface area contributed by atoms with E-state index in [0.717, 1.165) is 22.3 Å². The van der Waals surface area contributed by atoms with Crippen molar-refractivity contribution in [2.45, 2.75) is 12.0 Å². The highest BCUT2D eigenvalue weighted by Gasteiger charge is 2.37. The summed E-state index contributed by atoms with van der Waals surface area (Å²) in [5.74, 6) is 0.732. The van der Waals surface area contributed by atoms with Gasteiger partial charge in [0.25, 0.3) is 0 Å². The Kier molecular flexibility index (Phi) is 3.00. The zero-order valence-electron chi connectivity index (χ0n) is 8.59. The van der Waals surface area contributed by atoms with Crippen LogP contribution >= 0.6 is 15.9 Å². The number of β-amino-alcohol motifs (C(OH)–C–C–N with tert-alkyl or cyclic N) is 1. The van der Waals surface area contributed by atoms with E-state index in [-0.39, 0.29) is 0 Å². The highest BCUT2D eigenvalue weighted by Crippen LogP contribution is 2.39. The van der Waals surface area contributed by atoms with Gasteiger partial charge in [-0.05, 0) is 25.1 Å². The molecule has 0 radical (unpaired) electrons. The van der Waals surface area contributed by atoms with Gasteiger partial charge in [0.2, 0.25) is 0 Å². The van der Waals surface area contributed by atoms with Crippen molar-refractivity contribution in [3.63, 3.8) is 0 Å². The number of benzene rings is 1. The van der Waals surface area contributed by atoms with Crippen molar-refractivity contribution in [3.05, 3.63) is 28.2 Å². The van der Waals surface area contributed by atoms with E-state index in [9.17, 15) is 5.11 Å². The van der Waals surface area contributed by atoms with Gasteiger partial charge in [-0.1, -0.05) is 22.0 Å². The van der Waals surface area contributed by atoms with Crippen LogP contribution in [0.2, 0.25) is 0 Å². The molecule has 1 aliphatic heterocycles. The van der Waals surface area contributed by atoms with E-state index < -0.39 is 5.60 Å². The van der Waals surface area contributed by atoms with E-state index in [2.05, 4.69) is 21.2 Å². The Labute approximate surface area is 97.6 Å². The number of hydrogen-bond acceptors (Lipinski definition) is 3. The first-order valence-electron chi connectivity index (χ1n) is 4.93. The first kappa shape index (κ1) is 10.9. The molecule has 1 fully saturated rings. The van der Waals surface area contributed by atoms with Gasteiger partial charge in [0.1, 0.15) is 11.4 Å². The number of nitrogens with one attached hydrogen (secondary N) is 1. The first-order valence-corrected chi connectivity index (χ1v) is 5.73. The summed E-state index contributed by atoms with van der Waals surface area (Å²) in [5, 5.41) is 13.6. The summed E-state index contributed by atoms with van der Waals surface area (Å²) in [4.78, 5) is 0. The van der Waals surface area contributed by atoms with Crippen molar-refractivity contribution < 1.29 is 9.84 Å². The number of ether oxygens (including phenoxy) is 1. The Morgan fingerprint density at radius 3 is 2.93 bits per heavy atom. The molecule has 1 heterocycles. The summed E-state index contributed by atoms with van der Waals surface area (Å²) in [5.41, 5.74) is 0.0309. The lowest BCUT2D eigenvalue weighted by Gasteiger charge is -2.25. The zero-order valence-corrected chi connectivity index (χ0v) is 10.2. The molecular formula is C11H14BrNO2. The highest BCUT2D eigenvalue weighted by atomic mass is 79.9. The van der Waals surface area contributed by atoms with Crippen LogP contribution in [-0.4, -0.2) is 25.3 Å². The second kappa shape index (κ2) is 4.12. The predicted molar refractivity (Wildman–Crippen MR) is 62.1 cm³/mol. The molecule has 1 aromatic rings. The van der Waals surface area contributed by atoms with Crippen LogP contribution in [0.3, 0.4) is 0 Å². The fourth-order valence-corrected chi connectivity index (χ4v) is 2.74. The smallest absolute Gasteiger partial charge is 0.126 e. The van der Waals surface area contributed by atoms with Crippen LogP contribution in [-0.2, 0) is 5.60 Å². The van der Waals surface area contributed by atoms with E-state index in [1.165, 1.54) is 0 Å². The third-order valence-corrected chi connectivity index (χ3v) is 3.45. The summed E-state index contributed by atoms with van der Waals surface area (Å²) in [6.07, 6.45) is 0.714. The lowest BCUT2D eigenvalue weighted by atomic mass is 9.92. The van der Waals surface area contributed by atoms with E-state index in [1.807, 2.05) is 18.2 Å². The minimum Gasteiger partial charge on any atom is -0.496 e. The van der Waals surface area contributed by atoms with Gasteiger partial charge in [-0.2, -0.15) is 0 Å². The Morgan fingerprint density at radius 1 is 1.53 bits per heavy atom. The van der Waals surface area contributed by atoms with Crippen molar-refractivity contribution >= 4 is 15.9 Å². The molecule has 0 aliphatic carbocycles. The third-order valence-electron chi connectivity index (χ3n) is 2.79. The van der Waals surface area contributed by atoms with Gasteiger partial charge in [0.15, 0.2) is 0 Å². The van der Waals surface area contributed by atoms with Crippen LogP contribution in [0, 0.1) is 0 Å². The maximum Gasteiger partial charge on any atom is 0.126 e. The van der Waals surface area contributed by atoms with Crippen LogP contribution < -0.4 is 10.1 Å². The molecule has 0 amide bonds. The maximum absolute atomic E-state index is 10.5. The molecule has 3 nitrogen and oxygen atoms in total. The largest absolute Gasteiger partial charge is 0.496 e. The quantitative estimate of drug-likeness (QED) is 0.860. The van der Waals surface area contributed by atoms with Crippen LogP contribution in [0.1, 0.15) is 12.0 Å². The molecule has 1 aliphatic rings. The zero-order chi connectivity index (χ0) is 10.9. The lowest BCUT2D eigenvalue weighted by molar-refractivity contribution is 0.0553. The summed E-state index contributed by atoms with van der Waals surface area (Å²) < 4.78 is 6.18. The van der Waals surface area contributed by atoms with E-state index in [4.69, 9.17) is 4.74 Å². The monoisotopic (exact) mass is 271 g/mol. The molecule has 0 saturated carbocycles. The third kappa shape index (κ3) is 1.89. The van der Waals surface area contributed by atoms with Gasteiger partial charge in [-0.15, -0.1) is 0 Å². The van der Waals surface area contributed by atoms with Crippen LogP contribution in [0.4, 0.5) is 0 Å². The molecule has 4 heteroatoms. The normalized spacial score (nSPS) is 25.5. The Bertz CT molecular complexity index is 362. The van der Waals surface area contributed by atoms with Crippen LogP contribution in [0.15, 0.2) is 22.7 Å². The van der Waals surface area contributed by atoms with Crippen molar-refractivity contribution in [2.75, 3.05) is 20.2 Å². The van der Waals surface area contributed by atoms with Crippen LogP contribution in [0.25, 0.3) is 0 Å². The second-order valence-electron chi connectivity index (χ2n) is 3.78. The summed E-state index contributed by atoms with van der Waals surface area (Å²) in [6.45, 7) is 1.41. The molecule has 0 aromatic heterocycles. The molecule has 82 valence electrons. The number of halogens is 1. The molecule has 1 aromatic carbocycles. The highest BCUT2D eigenvalue weighted by molar-refractivity contribution is 9.10. The van der Waals surface area contributed by atoms with Crippen molar-refractivity contribution in [3.8, 4) is 5.75 Å². The fourth-order valence-electron chi connectivity index (χ4n) is 2.02. The summed E-state index contributed by atoms with van der Waals surface area (Å²) in [7, 11) is 1.62. The van der Waals surface area contributed by atoms with Crippen LogP contribution in [0.5, 0.6) is 5.75 Å². The lowest BCUT2D eigenvalue weighted by Crippen LogP contribution is -2.29.